The van der Waals surface area contributed by atoms with Crippen LogP contribution in [-0.2, 0) is 9.05 Å². The van der Waals surface area contributed by atoms with E-state index in [1.54, 1.807) is 14.2 Å². The third-order valence-corrected chi connectivity index (χ3v) is 3.49. The van der Waals surface area contributed by atoms with Gasteiger partial charge in [-0.05, 0) is 23.6 Å². The van der Waals surface area contributed by atoms with Crippen molar-refractivity contribution in [3.05, 3.63) is 29.8 Å². The summed E-state index contributed by atoms with van der Waals surface area (Å²) in [5, 5.41) is 1.12. The van der Waals surface area contributed by atoms with E-state index in [1.165, 1.54) is 5.56 Å². The van der Waals surface area contributed by atoms with Gasteiger partial charge in [0.15, 0.2) is 0 Å². The van der Waals surface area contributed by atoms with E-state index in [4.69, 9.17) is 9.05 Å². The third-order valence-electron chi connectivity index (χ3n) is 2.10. The van der Waals surface area contributed by atoms with E-state index in [0.717, 1.165) is 5.30 Å². The molecule has 0 unspecified atom stereocenters. The van der Waals surface area contributed by atoms with E-state index in [9.17, 15) is 0 Å². The fraction of sp³-hybridized carbons (Fsp3) is 0.455. The molecule has 0 spiro atoms. The van der Waals surface area contributed by atoms with Gasteiger partial charge in [-0.3, -0.25) is 0 Å². The Morgan fingerprint density at radius 1 is 1.00 bits per heavy atom. The average molecular weight is 212 g/mol. The lowest BCUT2D eigenvalue weighted by Gasteiger charge is -2.13. The molecule has 0 atom stereocenters. The monoisotopic (exact) mass is 212 g/mol. The highest BCUT2D eigenvalue weighted by atomic mass is 31.2. The Labute approximate surface area is 87.2 Å². The fourth-order valence-electron chi connectivity index (χ4n) is 1.27. The van der Waals surface area contributed by atoms with Gasteiger partial charge in [-0.15, -0.1) is 0 Å². The van der Waals surface area contributed by atoms with E-state index in [0.29, 0.717) is 5.92 Å². The van der Waals surface area contributed by atoms with Crippen LogP contribution in [0.3, 0.4) is 0 Å². The van der Waals surface area contributed by atoms with Crippen molar-refractivity contribution in [3.8, 4) is 0 Å². The molecule has 0 heterocycles. The highest BCUT2D eigenvalue weighted by molar-refractivity contribution is 7.55. The first-order valence-electron chi connectivity index (χ1n) is 4.67. The van der Waals surface area contributed by atoms with Crippen LogP contribution in [0.25, 0.3) is 0 Å². The van der Waals surface area contributed by atoms with Crippen LogP contribution in [0.4, 0.5) is 0 Å². The zero-order chi connectivity index (χ0) is 10.6. The number of hydrogen-bond acceptors (Lipinski definition) is 2. The lowest BCUT2D eigenvalue weighted by Crippen LogP contribution is -2.03. The Morgan fingerprint density at radius 3 is 1.86 bits per heavy atom. The second-order valence-electron chi connectivity index (χ2n) is 3.37. The SMILES string of the molecule is COP(OC)c1ccc(C(C)C)cc1. The Hall–Kier alpha value is -0.430. The largest absolute Gasteiger partial charge is 0.334 e. The molecule has 2 nitrogen and oxygen atoms in total. The van der Waals surface area contributed by atoms with Gasteiger partial charge in [0.2, 0.25) is 8.38 Å². The van der Waals surface area contributed by atoms with Crippen LogP contribution in [0.1, 0.15) is 25.3 Å². The van der Waals surface area contributed by atoms with Crippen molar-refractivity contribution in [1.82, 2.24) is 0 Å². The molecular weight excluding hydrogens is 195 g/mol. The molecule has 0 fully saturated rings. The Balaban J connectivity index is 2.81. The maximum atomic E-state index is 5.23. The smallest absolute Gasteiger partial charge is 0.204 e. The molecule has 0 aromatic heterocycles. The van der Waals surface area contributed by atoms with Gasteiger partial charge in [0.1, 0.15) is 0 Å². The van der Waals surface area contributed by atoms with Crippen LogP contribution in [0.2, 0.25) is 0 Å². The standard InChI is InChI=1S/C11H17O2P/c1-9(2)10-5-7-11(8-6-10)14(12-3)13-4/h5-9H,1-4H3. The van der Waals surface area contributed by atoms with Gasteiger partial charge >= 0.3 is 0 Å². The van der Waals surface area contributed by atoms with Crippen LogP contribution in [0.5, 0.6) is 0 Å². The summed E-state index contributed by atoms with van der Waals surface area (Å²) in [5.41, 5.74) is 1.34. The summed E-state index contributed by atoms with van der Waals surface area (Å²) in [6, 6.07) is 8.42. The molecule has 14 heavy (non-hydrogen) atoms. The molecule has 0 saturated heterocycles. The summed E-state index contributed by atoms with van der Waals surface area (Å²) in [7, 11) is 2.46. The number of hydrogen-bond donors (Lipinski definition) is 0. The van der Waals surface area contributed by atoms with E-state index < -0.39 is 8.38 Å². The summed E-state index contributed by atoms with van der Waals surface area (Å²) < 4.78 is 10.5. The zero-order valence-corrected chi connectivity index (χ0v) is 10.0. The van der Waals surface area contributed by atoms with Crippen LogP contribution in [0, 0.1) is 0 Å². The van der Waals surface area contributed by atoms with Gasteiger partial charge in [-0.25, -0.2) is 0 Å². The lowest BCUT2D eigenvalue weighted by atomic mass is 10.0. The van der Waals surface area contributed by atoms with Crippen LogP contribution in [-0.4, -0.2) is 14.2 Å². The molecule has 0 radical (unpaired) electrons. The van der Waals surface area contributed by atoms with E-state index >= 15 is 0 Å². The van der Waals surface area contributed by atoms with E-state index in [2.05, 4.69) is 38.1 Å². The Morgan fingerprint density at radius 2 is 1.50 bits per heavy atom. The van der Waals surface area contributed by atoms with Gasteiger partial charge in [0.25, 0.3) is 0 Å². The summed E-state index contributed by atoms with van der Waals surface area (Å²) in [5.74, 6) is 0.570. The topological polar surface area (TPSA) is 18.5 Å². The molecule has 0 bridgehead atoms. The van der Waals surface area contributed by atoms with Crippen molar-refractivity contribution in [2.75, 3.05) is 14.2 Å². The average Bonchev–Trinajstić information content (AvgIpc) is 2.20. The van der Waals surface area contributed by atoms with Crippen molar-refractivity contribution in [1.29, 1.82) is 0 Å². The van der Waals surface area contributed by atoms with Gasteiger partial charge in [-0.1, -0.05) is 26.0 Å². The van der Waals surface area contributed by atoms with Crippen molar-refractivity contribution in [2.24, 2.45) is 0 Å². The molecule has 1 aromatic rings. The molecule has 0 aliphatic rings. The van der Waals surface area contributed by atoms with E-state index in [-0.39, 0.29) is 0 Å². The Bertz CT molecular complexity index is 265. The van der Waals surface area contributed by atoms with Gasteiger partial charge in [0, 0.05) is 19.5 Å². The molecule has 0 aliphatic carbocycles. The van der Waals surface area contributed by atoms with Gasteiger partial charge in [0.05, 0.1) is 0 Å². The molecule has 0 N–H and O–H groups in total. The minimum Gasteiger partial charge on any atom is -0.334 e. The van der Waals surface area contributed by atoms with Gasteiger partial charge in [-0.2, -0.15) is 0 Å². The van der Waals surface area contributed by atoms with E-state index in [1.807, 2.05) is 0 Å². The summed E-state index contributed by atoms with van der Waals surface area (Å²) in [6.45, 7) is 4.37. The zero-order valence-electron chi connectivity index (χ0n) is 9.15. The van der Waals surface area contributed by atoms with Crippen LogP contribution in [0.15, 0.2) is 24.3 Å². The highest BCUT2D eigenvalue weighted by Gasteiger charge is 2.09. The maximum absolute atomic E-state index is 5.23. The summed E-state index contributed by atoms with van der Waals surface area (Å²) in [4.78, 5) is 0. The molecule has 0 saturated carbocycles. The first-order valence-corrected chi connectivity index (χ1v) is 5.85. The first kappa shape index (κ1) is 11.6. The van der Waals surface area contributed by atoms with Crippen LogP contribution >= 0.6 is 8.38 Å². The molecule has 3 heteroatoms. The molecule has 0 amide bonds. The highest BCUT2D eigenvalue weighted by Crippen LogP contribution is 2.34. The third kappa shape index (κ3) is 2.78. The fourth-order valence-corrected chi connectivity index (χ4v) is 2.23. The predicted molar refractivity (Wildman–Crippen MR) is 61.1 cm³/mol. The molecule has 78 valence electrons. The maximum Gasteiger partial charge on any atom is 0.204 e. The van der Waals surface area contributed by atoms with Crippen molar-refractivity contribution >= 4 is 13.7 Å². The molecule has 1 rings (SSSR count). The molecule has 0 aliphatic heterocycles. The number of rotatable bonds is 4. The van der Waals surface area contributed by atoms with Crippen molar-refractivity contribution < 1.29 is 9.05 Å². The second kappa shape index (κ2) is 5.45. The normalized spacial score (nSPS) is 11.3. The molecule has 1 aromatic carbocycles. The lowest BCUT2D eigenvalue weighted by molar-refractivity contribution is 0.350. The minimum atomic E-state index is -0.883. The second-order valence-corrected chi connectivity index (χ2v) is 5.13. The van der Waals surface area contributed by atoms with Crippen molar-refractivity contribution in [3.63, 3.8) is 0 Å². The van der Waals surface area contributed by atoms with Gasteiger partial charge < -0.3 is 9.05 Å². The first-order chi connectivity index (χ1) is 6.69. The summed E-state index contributed by atoms with van der Waals surface area (Å²) >= 11 is 0. The van der Waals surface area contributed by atoms with Crippen LogP contribution < -0.4 is 5.30 Å². The van der Waals surface area contributed by atoms with Crippen molar-refractivity contribution in [2.45, 2.75) is 19.8 Å². The predicted octanol–water partition coefficient (Wildman–Crippen LogP) is 3.04. The summed E-state index contributed by atoms with van der Waals surface area (Å²) in [6.07, 6.45) is 0. The quantitative estimate of drug-likeness (QED) is 0.714. The minimum absolute atomic E-state index is 0.570. The number of benzene rings is 1. The Kier molecular flexibility index (Phi) is 4.53. The molecular formula is C11H17O2P.